The topological polar surface area (TPSA) is 75.4 Å². The zero-order valence-corrected chi connectivity index (χ0v) is 11.3. The van der Waals surface area contributed by atoms with E-state index < -0.39 is 10.2 Å². The molecule has 0 atom stereocenters. The summed E-state index contributed by atoms with van der Waals surface area (Å²) in [4.78, 5) is 0. The number of nitrogen functional groups attached to an aromatic ring is 1. The maximum atomic E-state index is 11.9. The van der Waals surface area contributed by atoms with Crippen molar-refractivity contribution in [3.63, 3.8) is 0 Å². The number of nitrogens with zero attached hydrogens (tertiary/aromatic N) is 1. The third-order valence-corrected chi connectivity index (χ3v) is 3.95. The summed E-state index contributed by atoms with van der Waals surface area (Å²) in [5, 5.41) is 0.437. The third kappa shape index (κ3) is 3.49. The number of rotatable bonds is 5. The van der Waals surface area contributed by atoms with Gasteiger partial charge in [0.05, 0.1) is 11.4 Å². The fraction of sp³-hybridized carbons (Fsp3) is 0.400. The van der Waals surface area contributed by atoms with Crippen molar-refractivity contribution in [2.24, 2.45) is 0 Å². The van der Waals surface area contributed by atoms with Crippen LogP contribution in [0.1, 0.15) is 13.3 Å². The van der Waals surface area contributed by atoms with E-state index in [9.17, 15) is 8.42 Å². The Kier molecular flexibility index (Phi) is 4.62. The second-order valence-corrected chi connectivity index (χ2v) is 5.79. The van der Waals surface area contributed by atoms with E-state index >= 15 is 0 Å². The maximum Gasteiger partial charge on any atom is 0.301 e. The van der Waals surface area contributed by atoms with E-state index in [2.05, 4.69) is 4.72 Å². The molecule has 96 valence electrons. The molecule has 0 radical (unpaired) electrons. The second-order valence-electron chi connectivity index (χ2n) is 3.57. The second kappa shape index (κ2) is 5.57. The van der Waals surface area contributed by atoms with E-state index in [0.717, 1.165) is 10.7 Å². The molecular formula is C10H16ClN3O2S. The Morgan fingerprint density at radius 3 is 2.71 bits per heavy atom. The molecule has 7 heteroatoms. The van der Waals surface area contributed by atoms with Gasteiger partial charge in [0.1, 0.15) is 0 Å². The lowest BCUT2D eigenvalue weighted by Gasteiger charge is -2.21. The number of hydrogen-bond donors (Lipinski definition) is 2. The Labute approximate surface area is 107 Å². The predicted molar refractivity (Wildman–Crippen MR) is 71.5 cm³/mol. The molecule has 0 aliphatic carbocycles. The van der Waals surface area contributed by atoms with Crippen molar-refractivity contribution in [2.75, 3.05) is 23.6 Å². The average Bonchev–Trinajstić information content (AvgIpc) is 2.29. The van der Waals surface area contributed by atoms with Crippen molar-refractivity contribution in [1.82, 2.24) is 4.72 Å². The molecule has 0 spiro atoms. The van der Waals surface area contributed by atoms with Crippen molar-refractivity contribution in [3.05, 3.63) is 23.2 Å². The largest absolute Gasteiger partial charge is 0.397 e. The lowest BCUT2D eigenvalue weighted by molar-refractivity contribution is 0.579. The number of hydrogen-bond acceptors (Lipinski definition) is 3. The summed E-state index contributed by atoms with van der Waals surface area (Å²) in [7, 11) is -2.14. The normalized spacial score (nSPS) is 11.5. The smallest absolute Gasteiger partial charge is 0.301 e. The van der Waals surface area contributed by atoms with Crippen molar-refractivity contribution in [1.29, 1.82) is 0 Å². The van der Waals surface area contributed by atoms with Gasteiger partial charge in [-0.3, -0.25) is 4.31 Å². The van der Waals surface area contributed by atoms with Crippen LogP contribution in [0.3, 0.4) is 0 Å². The molecule has 0 aliphatic heterocycles. The van der Waals surface area contributed by atoms with Crippen LogP contribution in [-0.2, 0) is 10.2 Å². The van der Waals surface area contributed by atoms with E-state index in [0.29, 0.717) is 22.9 Å². The van der Waals surface area contributed by atoms with E-state index in [4.69, 9.17) is 17.3 Å². The van der Waals surface area contributed by atoms with Crippen molar-refractivity contribution in [3.8, 4) is 0 Å². The number of nitrogens with two attached hydrogens (primary N) is 1. The minimum absolute atomic E-state index is 0.360. The van der Waals surface area contributed by atoms with Gasteiger partial charge in [-0.1, -0.05) is 18.5 Å². The molecule has 1 aromatic rings. The minimum Gasteiger partial charge on any atom is -0.397 e. The molecule has 3 N–H and O–H groups in total. The summed E-state index contributed by atoms with van der Waals surface area (Å²) in [6, 6.07) is 4.70. The summed E-state index contributed by atoms with van der Waals surface area (Å²) in [5.41, 5.74) is 6.45. The molecule has 0 saturated heterocycles. The first-order valence-electron chi connectivity index (χ1n) is 5.17. The monoisotopic (exact) mass is 277 g/mol. The Morgan fingerprint density at radius 1 is 1.47 bits per heavy atom. The minimum atomic E-state index is -3.57. The number of halogens is 1. The highest BCUT2D eigenvalue weighted by molar-refractivity contribution is 7.90. The summed E-state index contributed by atoms with van der Waals surface area (Å²) in [5.74, 6) is 0. The molecule has 17 heavy (non-hydrogen) atoms. The number of anilines is 2. The van der Waals surface area contributed by atoms with E-state index in [1.165, 1.54) is 13.1 Å². The van der Waals surface area contributed by atoms with Gasteiger partial charge >= 0.3 is 10.2 Å². The predicted octanol–water partition coefficient (Wildman–Crippen LogP) is 1.60. The molecule has 0 saturated carbocycles. The van der Waals surface area contributed by atoms with E-state index in [1.807, 2.05) is 6.92 Å². The third-order valence-electron chi connectivity index (χ3n) is 2.23. The van der Waals surface area contributed by atoms with Crippen LogP contribution in [0.5, 0.6) is 0 Å². The SMILES string of the molecule is CCCNS(=O)(=O)N(C)c1cc(Cl)ccc1N. The van der Waals surface area contributed by atoms with Gasteiger partial charge < -0.3 is 5.73 Å². The first-order chi connectivity index (χ1) is 7.88. The van der Waals surface area contributed by atoms with Gasteiger partial charge in [0.2, 0.25) is 0 Å². The summed E-state index contributed by atoms with van der Waals surface area (Å²) in [6.07, 6.45) is 0.720. The Bertz CT molecular complexity index is 490. The fourth-order valence-corrected chi connectivity index (χ4v) is 2.49. The van der Waals surface area contributed by atoms with Crippen LogP contribution in [-0.4, -0.2) is 22.0 Å². The Morgan fingerprint density at radius 2 is 2.12 bits per heavy atom. The van der Waals surface area contributed by atoms with Gasteiger partial charge in [0, 0.05) is 18.6 Å². The zero-order valence-electron chi connectivity index (χ0n) is 9.77. The molecule has 0 aliphatic rings. The van der Waals surface area contributed by atoms with Crippen LogP contribution in [0.25, 0.3) is 0 Å². The molecule has 0 fully saturated rings. The molecule has 0 unspecified atom stereocenters. The molecular weight excluding hydrogens is 262 g/mol. The lowest BCUT2D eigenvalue weighted by Crippen LogP contribution is -2.38. The lowest BCUT2D eigenvalue weighted by atomic mass is 10.3. The van der Waals surface area contributed by atoms with Crippen molar-refractivity contribution >= 4 is 33.2 Å². The standard InChI is InChI=1S/C10H16ClN3O2S/c1-3-6-13-17(15,16)14(2)10-7-8(11)4-5-9(10)12/h4-5,7,13H,3,6,12H2,1-2H3. The molecule has 1 rings (SSSR count). The van der Waals surface area contributed by atoms with Gasteiger partial charge in [-0.2, -0.15) is 13.1 Å². The number of benzene rings is 1. The molecule has 0 bridgehead atoms. The van der Waals surface area contributed by atoms with Gasteiger partial charge in [-0.25, -0.2) is 0 Å². The molecule has 1 aromatic carbocycles. The van der Waals surface area contributed by atoms with Crippen molar-refractivity contribution < 1.29 is 8.42 Å². The molecule has 0 amide bonds. The van der Waals surface area contributed by atoms with Crippen LogP contribution >= 0.6 is 11.6 Å². The van der Waals surface area contributed by atoms with Gasteiger partial charge in [-0.05, 0) is 24.6 Å². The average molecular weight is 278 g/mol. The van der Waals surface area contributed by atoms with E-state index in [-0.39, 0.29) is 0 Å². The quantitative estimate of drug-likeness (QED) is 0.803. The summed E-state index contributed by atoms with van der Waals surface area (Å²) < 4.78 is 27.3. The highest BCUT2D eigenvalue weighted by atomic mass is 35.5. The first-order valence-corrected chi connectivity index (χ1v) is 6.99. The van der Waals surface area contributed by atoms with E-state index in [1.54, 1.807) is 12.1 Å². The van der Waals surface area contributed by atoms with Gasteiger partial charge in [0.25, 0.3) is 0 Å². The fourth-order valence-electron chi connectivity index (χ4n) is 1.25. The molecule has 0 aromatic heterocycles. The van der Waals surface area contributed by atoms with Crippen LogP contribution in [0, 0.1) is 0 Å². The Hall–Kier alpha value is -0.980. The maximum absolute atomic E-state index is 11.9. The molecule has 5 nitrogen and oxygen atoms in total. The summed E-state index contributed by atoms with van der Waals surface area (Å²) in [6.45, 7) is 2.27. The van der Waals surface area contributed by atoms with Crippen LogP contribution < -0.4 is 14.8 Å². The van der Waals surface area contributed by atoms with Crippen molar-refractivity contribution in [2.45, 2.75) is 13.3 Å². The first kappa shape index (κ1) is 14.1. The van der Waals surface area contributed by atoms with Gasteiger partial charge in [0.15, 0.2) is 0 Å². The zero-order chi connectivity index (χ0) is 13.1. The highest BCUT2D eigenvalue weighted by Crippen LogP contribution is 2.27. The summed E-state index contributed by atoms with van der Waals surface area (Å²) >= 11 is 5.82. The van der Waals surface area contributed by atoms with Crippen LogP contribution in [0.4, 0.5) is 11.4 Å². The van der Waals surface area contributed by atoms with Gasteiger partial charge in [-0.15, -0.1) is 0 Å². The highest BCUT2D eigenvalue weighted by Gasteiger charge is 2.19. The number of nitrogens with one attached hydrogen (secondary N) is 1. The van der Waals surface area contributed by atoms with Crippen LogP contribution in [0.2, 0.25) is 5.02 Å². The Balaban J connectivity index is 3.03. The molecule has 0 heterocycles. The van der Waals surface area contributed by atoms with Crippen LogP contribution in [0.15, 0.2) is 18.2 Å².